The molecule has 2 saturated carbocycles. The van der Waals surface area contributed by atoms with E-state index in [1.165, 1.54) is 12.8 Å². The van der Waals surface area contributed by atoms with E-state index in [-0.39, 0.29) is 23.7 Å². The summed E-state index contributed by atoms with van der Waals surface area (Å²) in [5, 5.41) is 8.29. The third-order valence-corrected chi connectivity index (χ3v) is 6.04. The van der Waals surface area contributed by atoms with Gasteiger partial charge in [-0.1, -0.05) is 12.8 Å². The van der Waals surface area contributed by atoms with Crippen molar-refractivity contribution in [3.63, 3.8) is 0 Å². The smallest absolute Gasteiger partial charge is 0.223 e. The van der Waals surface area contributed by atoms with E-state index >= 15 is 0 Å². The lowest BCUT2D eigenvalue weighted by Gasteiger charge is -2.38. The minimum absolute atomic E-state index is 0.0543. The van der Waals surface area contributed by atoms with E-state index in [0.29, 0.717) is 50.8 Å². The first-order chi connectivity index (χ1) is 12.7. The van der Waals surface area contributed by atoms with Crippen LogP contribution in [0.4, 0.5) is 0 Å². The molecule has 1 aromatic rings. The van der Waals surface area contributed by atoms with Gasteiger partial charge in [-0.15, -0.1) is 10.2 Å². The zero-order valence-corrected chi connectivity index (χ0v) is 15.2. The average Bonchev–Trinajstić information content (AvgIpc) is 3.41. The monoisotopic (exact) mass is 361 g/mol. The molecule has 7 heteroatoms. The molecule has 1 saturated heterocycles. The largest absolute Gasteiger partial charge is 0.425 e. The molecule has 1 amide bonds. The lowest BCUT2D eigenvalue weighted by molar-refractivity contribution is -0.144. The SMILES string of the molecule is O=C1CCC[C@H]1[C@@H]1COCCN1C(=O)CCc1nnc(C2CCCC2)o1. The summed E-state index contributed by atoms with van der Waals surface area (Å²) >= 11 is 0. The van der Waals surface area contributed by atoms with Gasteiger partial charge in [0.25, 0.3) is 0 Å². The van der Waals surface area contributed by atoms with Gasteiger partial charge in [-0.05, 0) is 25.7 Å². The van der Waals surface area contributed by atoms with E-state index in [9.17, 15) is 9.59 Å². The summed E-state index contributed by atoms with van der Waals surface area (Å²) in [6, 6.07) is -0.108. The number of rotatable bonds is 5. The Morgan fingerprint density at radius 2 is 2.00 bits per heavy atom. The molecule has 0 aromatic carbocycles. The second kappa shape index (κ2) is 7.86. The normalized spacial score (nSPS) is 27.4. The highest BCUT2D eigenvalue weighted by atomic mass is 16.5. The molecule has 26 heavy (non-hydrogen) atoms. The predicted octanol–water partition coefficient (Wildman–Crippen LogP) is 2.26. The summed E-state index contributed by atoms with van der Waals surface area (Å²) in [5.41, 5.74) is 0. The van der Waals surface area contributed by atoms with Crippen molar-refractivity contribution in [2.75, 3.05) is 19.8 Å². The zero-order valence-electron chi connectivity index (χ0n) is 15.2. The molecule has 7 nitrogen and oxygen atoms in total. The van der Waals surface area contributed by atoms with E-state index in [2.05, 4.69) is 10.2 Å². The van der Waals surface area contributed by atoms with Gasteiger partial charge < -0.3 is 14.1 Å². The molecule has 0 unspecified atom stereocenters. The number of aromatic nitrogens is 2. The number of morpholine rings is 1. The maximum Gasteiger partial charge on any atom is 0.223 e. The quantitative estimate of drug-likeness (QED) is 0.800. The molecule has 142 valence electrons. The molecule has 3 fully saturated rings. The van der Waals surface area contributed by atoms with E-state index in [4.69, 9.17) is 9.15 Å². The van der Waals surface area contributed by atoms with Gasteiger partial charge in [0.15, 0.2) is 0 Å². The Balaban J connectivity index is 1.35. The van der Waals surface area contributed by atoms with E-state index < -0.39 is 0 Å². The van der Waals surface area contributed by atoms with Crippen LogP contribution >= 0.6 is 0 Å². The number of ether oxygens (including phenoxy) is 1. The number of carbonyl (C=O) groups is 2. The summed E-state index contributed by atoms with van der Waals surface area (Å²) < 4.78 is 11.3. The summed E-state index contributed by atoms with van der Waals surface area (Å²) in [7, 11) is 0. The number of aryl methyl sites for hydroxylation is 1. The Morgan fingerprint density at radius 1 is 1.15 bits per heavy atom. The van der Waals surface area contributed by atoms with Crippen molar-refractivity contribution in [3.05, 3.63) is 11.8 Å². The van der Waals surface area contributed by atoms with Crippen molar-refractivity contribution in [1.82, 2.24) is 15.1 Å². The molecule has 3 aliphatic rings. The van der Waals surface area contributed by atoms with Crippen molar-refractivity contribution >= 4 is 11.7 Å². The second-order valence-electron chi connectivity index (χ2n) is 7.71. The Labute approximate surface area is 153 Å². The van der Waals surface area contributed by atoms with Gasteiger partial charge >= 0.3 is 0 Å². The van der Waals surface area contributed by atoms with Crippen molar-refractivity contribution < 1.29 is 18.7 Å². The lowest BCUT2D eigenvalue weighted by atomic mass is 9.95. The molecule has 2 atom stereocenters. The zero-order chi connectivity index (χ0) is 17.9. The third kappa shape index (κ3) is 3.68. The predicted molar refractivity (Wildman–Crippen MR) is 92.5 cm³/mol. The Hall–Kier alpha value is -1.76. The molecule has 0 radical (unpaired) electrons. The second-order valence-corrected chi connectivity index (χ2v) is 7.71. The molecular weight excluding hydrogens is 334 g/mol. The third-order valence-electron chi connectivity index (χ3n) is 6.04. The molecule has 4 rings (SSSR count). The number of hydrogen-bond donors (Lipinski definition) is 0. The van der Waals surface area contributed by atoms with Gasteiger partial charge in [0.05, 0.1) is 19.3 Å². The van der Waals surface area contributed by atoms with Crippen LogP contribution in [0.1, 0.15) is 69.1 Å². The maximum absolute atomic E-state index is 12.8. The van der Waals surface area contributed by atoms with Crippen LogP contribution in [0.2, 0.25) is 0 Å². The maximum atomic E-state index is 12.8. The van der Waals surface area contributed by atoms with Gasteiger partial charge in [0.2, 0.25) is 17.7 Å². The van der Waals surface area contributed by atoms with Gasteiger partial charge in [-0.2, -0.15) is 0 Å². The number of amides is 1. The van der Waals surface area contributed by atoms with E-state index in [0.717, 1.165) is 31.6 Å². The summed E-state index contributed by atoms with van der Waals surface area (Å²) in [4.78, 5) is 26.8. The number of nitrogens with zero attached hydrogens (tertiary/aromatic N) is 3. The highest BCUT2D eigenvalue weighted by Gasteiger charge is 2.39. The fourth-order valence-corrected chi connectivity index (χ4v) is 4.58. The summed E-state index contributed by atoms with van der Waals surface area (Å²) in [6.07, 6.45) is 7.90. The fourth-order valence-electron chi connectivity index (χ4n) is 4.58. The number of Topliss-reactive ketones (excluding diaryl/α,β-unsaturated/α-hetero) is 1. The molecule has 0 spiro atoms. The van der Waals surface area contributed by atoms with Gasteiger partial charge in [-0.3, -0.25) is 9.59 Å². The first-order valence-corrected chi connectivity index (χ1v) is 9.94. The van der Waals surface area contributed by atoms with Crippen LogP contribution in [-0.2, 0) is 20.7 Å². The standard InChI is InChI=1S/C19H27N3O4/c23-16-7-3-6-14(16)15-12-25-11-10-22(15)18(24)9-8-17-20-21-19(26-17)13-4-1-2-5-13/h13-15H,1-12H2/t14-,15-/m0/s1. The Bertz CT molecular complexity index is 653. The summed E-state index contributed by atoms with van der Waals surface area (Å²) in [5.74, 6) is 1.93. The van der Waals surface area contributed by atoms with Crippen LogP contribution in [-0.4, -0.2) is 52.6 Å². The van der Waals surface area contributed by atoms with Crippen molar-refractivity contribution in [2.45, 2.75) is 69.7 Å². The molecule has 1 aromatic heterocycles. The van der Waals surface area contributed by atoms with Gasteiger partial charge in [-0.25, -0.2) is 0 Å². The van der Waals surface area contributed by atoms with Crippen LogP contribution in [0.15, 0.2) is 4.42 Å². The van der Waals surface area contributed by atoms with Crippen LogP contribution in [0, 0.1) is 5.92 Å². The lowest BCUT2D eigenvalue weighted by Crippen LogP contribution is -2.53. The van der Waals surface area contributed by atoms with Crippen LogP contribution in [0.25, 0.3) is 0 Å². The highest BCUT2D eigenvalue weighted by molar-refractivity contribution is 5.85. The van der Waals surface area contributed by atoms with Crippen molar-refractivity contribution in [1.29, 1.82) is 0 Å². The minimum Gasteiger partial charge on any atom is -0.425 e. The Kier molecular flexibility index (Phi) is 5.33. The molecule has 2 aliphatic carbocycles. The minimum atomic E-state index is -0.108. The molecule has 1 aliphatic heterocycles. The number of hydrogen-bond acceptors (Lipinski definition) is 6. The van der Waals surface area contributed by atoms with Crippen LogP contribution in [0.5, 0.6) is 0 Å². The Morgan fingerprint density at radius 3 is 2.77 bits per heavy atom. The molecular formula is C19H27N3O4. The van der Waals surface area contributed by atoms with Crippen molar-refractivity contribution in [2.24, 2.45) is 5.92 Å². The fraction of sp³-hybridized carbons (Fsp3) is 0.789. The van der Waals surface area contributed by atoms with E-state index in [1.807, 2.05) is 4.90 Å². The highest BCUT2D eigenvalue weighted by Crippen LogP contribution is 2.33. The average molecular weight is 361 g/mol. The number of carbonyl (C=O) groups excluding carboxylic acids is 2. The molecule has 0 N–H and O–H groups in total. The topological polar surface area (TPSA) is 85.5 Å². The first-order valence-electron chi connectivity index (χ1n) is 9.94. The van der Waals surface area contributed by atoms with Gasteiger partial charge in [0, 0.05) is 37.6 Å². The molecule has 2 heterocycles. The first kappa shape index (κ1) is 17.6. The number of ketones is 1. The van der Waals surface area contributed by atoms with Gasteiger partial charge in [0.1, 0.15) is 5.78 Å². The van der Waals surface area contributed by atoms with Crippen LogP contribution in [0.3, 0.4) is 0 Å². The van der Waals surface area contributed by atoms with E-state index in [1.54, 1.807) is 0 Å². The molecule has 0 bridgehead atoms. The summed E-state index contributed by atoms with van der Waals surface area (Å²) in [6.45, 7) is 1.56. The van der Waals surface area contributed by atoms with Crippen molar-refractivity contribution in [3.8, 4) is 0 Å². The van der Waals surface area contributed by atoms with Crippen LogP contribution < -0.4 is 0 Å².